The highest BCUT2D eigenvalue weighted by Gasteiger charge is 2.59. The third-order valence-electron chi connectivity index (χ3n) is 2.36. The second-order valence-electron chi connectivity index (χ2n) is 3.21. The van der Waals surface area contributed by atoms with Gasteiger partial charge in [-0.05, 0) is 19.3 Å². The van der Waals surface area contributed by atoms with Gasteiger partial charge in [0, 0.05) is 6.04 Å². The van der Waals surface area contributed by atoms with Gasteiger partial charge in [0.2, 0.25) is 5.67 Å². The molecule has 2 N–H and O–H groups in total. The average molecular weight is 185 g/mol. The van der Waals surface area contributed by atoms with Crippen molar-refractivity contribution in [3.8, 4) is 0 Å². The third-order valence-corrected chi connectivity index (χ3v) is 2.36. The molecule has 12 heavy (non-hydrogen) atoms. The van der Waals surface area contributed by atoms with Crippen molar-refractivity contribution in [1.82, 2.24) is 0 Å². The van der Waals surface area contributed by atoms with Crippen LogP contribution in [0.2, 0.25) is 0 Å². The molecule has 1 aliphatic rings. The van der Waals surface area contributed by atoms with E-state index in [0.29, 0.717) is 6.42 Å². The summed E-state index contributed by atoms with van der Waals surface area (Å²) in [6, 6.07) is -1.38. The molecule has 0 aromatic carbocycles. The normalized spacial score (nSPS) is 38.2. The van der Waals surface area contributed by atoms with E-state index < -0.39 is 24.3 Å². The van der Waals surface area contributed by atoms with E-state index >= 15 is 0 Å². The predicted octanol–water partition coefficient (Wildman–Crippen LogP) is 2.16. The lowest BCUT2D eigenvalue weighted by Gasteiger charge is -2.36. The molecule has 0 saturated heterocycles. The van der Waals surface area contributed by atoms with E-state index in [4.69, 9.17) is 5.73 Å². The molecule has 0 amide bonds. The van der Waals surface area contributed by atoms with Crippen LogP contribution in [0.3, 0.4) is 0 Å². The molecular weight excluding hydrogens is 174 g/mol. The van der Waals surface area contributed by atoms with Crippen molar-refractivity contribution in [1.29, 1.82) is 0 Å². The van der Waals surface area contributed by atoms with Crippen LogP contribution in [0.1, 0.15) is 25.7 Å². The molecule has 1 rings (SSSR count). The van der Waals surface area contributed by atoms with Gasteiger partial charge in [-0.2, -0.15) is 13.2 Å². The summed E-state index contributed by atoms with van der Waals surface area (Å²) >= 11 is 0. The van der Waals surface area contributed by atoms with E-state index in [9.17, 15) is 17.6 Å². The van der Waals surface area contributed by atoms with Crippen LogP contribution < -0.4 is 5.73 Å². The van der Waals surface area contributed by atoms with Gasteiger partial charge in [0.15, 0.2) is 0 Å². The van der Waals surface area contributed by atoms with Crippen LogP contribution in [0, 0.1) is 0 Å². The molecule has 0 aromatic rings. The van der Waals surface area contributed by atoms with Gasteiger partial charge in [0.1, 0.15) is 0 Å². The summed E-state index contributed by atoms with van der Waals surface area (Å²) < 4.78 is 49.6. The van der Waals surface area contributed by atoms with E-state index in [0.717, 1.165) is 0 Å². The first-order chi connectivity index (χ1) is 5.38. The lowest BCUT2D eigenvalue weighted by atomic mass is 9.82. The van der Waals surface area contributed by atoms with Gasteiger partial charge in [-0.15, -0.1) is 0 Å². The molecule has 72 valence electrons. The molecule has 0 aliphatic heterocycles. The molecule has 2 unspecified atom stereocenters. The van der Waals surface area contributed by atoms with Crippen LogP contribution in [0.15, 0.2) is 0 Å². The van der Waals surface area contributed by atoms with E-state index in [1.807, 2.05) is 0 Å². The highest BCUT2D eigenvalue weighted by atomic mass is 19.4. The van der Waals surface area contributed by atoms with Crippen molar-refractivity contribution >= 4 is 0 Å². The molecule has 2 atom stereocenters. The van der Waals surface area contributed by atoms with Crippen LogP contribution in [-0.2, 0) is 0 Å². The van der Waals surface area contributed by atoms with Crippen LogP contribution in [-0.4, -0.2) is 17.9 Å². The Balaban J connectivity index is 2.79. The van der Waals surface area contributed by atoms with Crippen LogP contribution >= 0.6 is 0 Å². The molecule has 5 heteroatoms. The minimum Gasteiger partial charge on any atom is -0.325 e. The molecule has 0 spiro atoms. The van der Waals surface area contributed by atoms with Gasteiger partial charge < -0.3 is 5.73 Å². The minimum absolute atomic E-state index is 0.121. The quantitative estimate of drug-likeness (QED) is 0.575. The van der Waals surface area contributed by atoms with Gasteiger partial charge >= 0.3 is 6.18 Å². The fourth-order valence-corrected chi connectivity index (χ4v) is 1.51. The topological polar surface area (TPSA) is 26.0 Å². The second kappa shape index (κ2) is 2.87. The Morgan fingerprint density at radius 2 is 1.83 bits per heavy atom. The van der Waals surface area contributed by atoms with Gasteiger partial charge in [-0.3, -0.25) is 0 Å². The fourth-order valence-electron chi connectivity index (χ4n) is 1.51. The molecule has 1 saturated carbocycles. The predicted molar refractivity (Wildman–Crippen MR) is 36.3 cm³/mol. The summed E-state index contributed by atoms with van der Waals surface area (Å²) in [5.74, 6) is 0. The number of hydrogen-bond acceptors (Lipinski definition) is 1. The van der Waals surface area contributed by atoms with Crippen LogP contribution in [0.25, 0.3) is 0 Å². The second-order valence-corrected chi connectivity index (χ2v) is 3.21. The Bertz CT molecular complexity index is 167. The van der Waals surface area contributed by atoms with Crippen molar-refractivity contribution < 1.29 is 17.6 Å². The minimum atomic E-state index is -4.81. The Hall–Kier alpha value is -0.320. The Morgan fingerprint density at radius 1 is 1.25 bits per heavy atom. The van der Waals surface area contributed by atoms with Gasteiger partial charge in [-0.25, -0.2) is 4.39 Å². The van der Waals surface area contributed by atoms with Crippen LogP contribution in [0.5, 0.6) is 0 Å². The zero-order valence-electron chi connectivity index (χ0n) is 6.49. The summed E-state index contributed by atoms with van der Waals surface area (Å²) in [6.07, 6.45) is -4.33. The summed E-state index contributed by atoms with van der Waals surface area (Å²) in [6.45, 7) is 0. The number of nitrogens with two attached hydrogens (primary N) is 1. The number of hydrogen-bond donors (Lipinski definition) is 1. The van der Waals surface area contributed by atoms with E-state index in [2.05, 4.69) is 0 Å². The zero-order chi connectivity index (χ0) is 9.41. The van der Waals surface area contributed by atoms with Crippen molar-refractivity contribution in [2.75, 3.05) is 0 Å². The van der Waals surface area contributed by atoms with Gasteiger partial charge in [0.05, 0.1) is 0 Å². The molecule has 0 bridgehead atoms. The molecular formula is C7H11F4N. The standard InChI is InChI=1S/C7H11F4N/c8-6(7(9,10)11)4-2-1-3-5(6)12/h5H,1-4,12H2. The number of alkyl halides is 4. The fraction of sp³-hybridized carbons (Fsp3) is 1.00. The van der Waals surface area contributed by atoms with Gasteiger partial charge in [-0.1, -0.05) is 6.42 Å². The Morgan fingerprint density at radius 3 is 2.17 bits per heavy atom. The molecule has 0 heterocycles. The SMILES string of the molecule is NC1CCCCC1(F)C(F)(F)F. The van der Waals surface area contributed by atoms with Crippen molar-refractivity contribution in [3.05, 3.63) is 0 Å². The third kappa shape index (κ3) is 1.42. The molecule has 1 nitrogen and oxygen atoms in total. The first-order valence-corrected chi connectivity index (χ1v) is 3.89. The van der Waals surface area contributed by atoms with Crippen molar-refractivity contribution in [2.45, 2.75) is 43.6 Å². The number of rotatable bonds is 0. The Labute approximate surface area is 67.9 Å². The first kappa shape index (κ1) is 9.77. The maximum atomic E-state index is 13.2. The average Bonchev–Trinajstić information content (AvgIpc) is 1.93. The molecule has 0 aromatic heterocycles. The summed E-state index contributed by atoms with van der Waals surface area (Å²) in [5, 5.41) is 0. The largest absolute Gasteiger partial charge is 0.424 e. The van der Waals surface area contributed by atoms with E-state index in [1.165, 1.54) is 0 Å². The van der Waals surface area contributed by atoms with Gasteiger partial charge in [0.25, 0.3) is 0 Å². The summed E-state index contributed by atoms with van der Waals surface area (Å²) in [7, 11) is 0. The lowest BCUT2D eigenvalue weighted by molar-refractivity contribution is -0.244. The summed E-state index contributed by atoms with van der Waals surface area (Å²) in [4.78, 5) is 0. The Kier molecular flexibility index (Phi) is 2.33. The highest BCUT2D eigenvalue weighted by Crippen LogP contribution is 2.43. The summed E-state index contributed by atoms with van der Waals surface area (Å²) in [5.41, 5.74) is 1.96. The molecule has 1 fully saturated rings. The number of halogens is 4. The maximum absolute atomic E-state index is 13.2. The van der Waals surface area contributed by atoms with E-state index in [1.54, 1.807) is 0 Å². The monoisotopic (exact) mass is 185 g/mol. The molecule has 1 aliphatic carbocycles. The molecule has 0 radical (unpaired) electrons. The lowest BCUT2D eigenvalue weighted by Crippen LogP contribution is -2.56. The highest BCUT2D eigenvalue weighted by molar-refractivity contribution is 4.98. The van der Waals surface area contributed by atoms with Crippen molar-refractivity contribution in [2.24, 2.45) is 5.73 Å². The maximum Gasteiger partial charge on any atom is 0.424 e. The first-order valence-electron chi connectivity index (χ1n) is 3.89. The zero-order valence-corrected chi connectivity index (χ0v) is 6.49. The smallest absolute Gasteiger partial charge is 0.325 e. The van der Waals surface area contributed by atoms with E-state index in [-0.39, 0.29) is 12.8 Å². The van der Waals surface area contributed by atoms with Crippen LogP contribution in [0.4, 0.5) is 17.6 Å². The van der Waals surface area contributed by atoms with Crippen molar-refractivity contribution in [3.63, 3.8) is 0 Å².